The highest BCUT2D eigenvalue weighted by Crippen LogP contribution is 2.16. The lowest BCUT2D eigenvalue weighted by Crippen LogP contribution is -2.48. The van der Waals surface area contributed by atoms with Crippen LogP contribution in [0.15, 0.2) is 65.6 Å². The highest BCUT2D eigenvalue weighted by molar-refractivity contribution is 7.89. The summed E-state index contributed by atoms with van der Waals surface area (Å²) in [5, 5.41) is 2.63. The third kappa shape index (κ3) is 6.63. The second-order valence-corrected chi connectivity index (χ2v) is 9.33. The van der Waals surface area contributed by atoms with Crippen molar-refractivity contribution in [2.75, 3.05) is 20.6 Å². The summed E-state index contributed by atoms with van der Waals surface area (Å²) in [4.78, 5) is 27.2. The van der Waals surface area contributed by atoms with Gasteiger partial charge in [-0.15, -0.1) is 0 Å². The number of rotatable bonds is 11. The van der Waals surface area contributed by atoms with Gasteiger partial charge in [0.05, 0.1) is 4.90 Å². The molecule has 2 aromatic carbocycles. The third-order valence-electron chi connectivity index (χ3n) is 5.14. The fourth-order valence-electron chi connectivity index (χ4n) is 3.36. The maximum Gasteiger partial charge on any atom is 0.242 e. The number of nitrogens with one attached hydrogen (secondary N) is 1. The molecule has 168 valence electrons. The highest BCUT2D eigenvalue weighted by Gasteiger charge is 2.28. The summed E-state index contributed by atoms with van der Waals surface area (Å²) in [7, 11) is -0.537. The zero-order chi connectivity index (χ0) is 22.9. The second kappa shape index (κ2) is 11.6. The van der Waals surface area contributed by atoms with E-state index in [4.69, 9.17) is 0 Å². The number of amides is 2. The molecular weight excluding hydrogens is 414 g/mol. The number of carbonyl (C=O) groups is 2. The molecule has 8 heteroatoms. The van der Waals surface area contributed by atoms with E-state index in [9.17, 15) is 18.0 Å². The summed E-state index contributed by atoms with van der Waals surface area (Å²) in [6.45, 7) is 2.40. The summed E-state index contributed by atoms with van der Waals surface area (Å²) in [6.07, 6.45) is 0.992. The van der Waals surface area contributed by atoms with Crippen LogP contribution in [0.4, 0.5) is 0 Å². The molecule has 0 unspecified atom stereocenters. The van der Waals surface area contributed by atoms with Crippen molar-refractivity contribution in [2.45, 2.75) is 43.7 Å². The first kappa shape index (κ1) is 24.6. The Morgan fingerprint density at radius 1 is 1.00 bits per heavy atom. The predicted molar refractivity (Wildman–Crippen MR) is 121 cm³/mol. The minimum atomic E-state index is -3.60. The molecule has 2 aromatic rings. The van der Waals surface area contributed by atoms with Crippen molar-refractivity contribution in [3.63, 3.8) is 0 Å². The van der Waals surface area contributed by atoms with Crippen LogP contribution in [0, 0.1) is 0 Å². The topological polar surface area (TPSA) is 86.8 Å². The Balaban J connectivity index is 2.06. The van der Waals surface area contributed by atoms with Gasteiger partial charge in [-0.3, -0.25) is 9.59 Å². The van der Waals surface area contributed by atoms with Gasteiger partial charge in [0.15, 0.2) is 0 Å². The number of benzene rings is 2. The molecule has 7 nitrogen and oxygen atoms in total. The number of hydrogen-bond acceptors (Lipinski definition) is 4. The van der Waals surface area contributed by atoms with Gasteiger partial charge in [0.2, 0.25) is 21.8 Å². The Labute approximate surface area is 185 Å². The molecule has 31 heavy (non-hydrogen) atoms. The zero-order valence-electron chi connectivity index (χ0n) is 18.3. The molecule has 0 radical (unpaired) electrons. The van der Waals surface area contributed by atoms with Crippen LogP contribution in [0.2, 0.25) is 0 Å². The Kier molecular flexibility index (Phi) is 9.21. The minimum absolute atomic E-state index is 0.148. The Morgan fingerprint density at radius 2 is 1.58 bits per heavy atom. The number of hydrogen-bond donors (Lipinski definition) is 1. The average molecular weight is 446 g/mol. The lowest BCUT2D eigenvalue weighted by atomic mass is 10.1. The Bertz CT molecular complexity index is 949. The first-order valence-electron chi connectivity index (χ1n) is 10.4. The van der Waals surface area contributed by atoms with E-state index in [0.29, 0.717) is 19.4 Å². The molecule has 0 aliphatic carbocycles. The summed E-state index contributed by atoms with van der Waals surface area (Å²) in [5.41, 5.74) is 0.932. The van der Waals surface area contributed by atoms with Crippen molar-refractivity contribution in [3.05, 3.63) is 66.2 Å². The lowest BCUT2D eigenvalue weighted by Gasteiger charge is -2.30. The average Bonchev–Trinajstić information content (AvgIpc) is 2.79. The van der Waals surface area contributed by atoms with Gasteiger partial charge in [-0.25, -0.2) is 12.7 Å². The van der Waals surface area contributed by atoms with Crippen LogP contribution in [0.25, 0.3) is 0 Å². The molecular formula is C23H31N3O4S. The van der Waals surface area contributed by atoms with E-state index in [1.54, 1.807) is 42.3 Å². The molecule has 2 rings (SSSR count). The maximum atomic E-state index is 13.0. The van der Waals surface area contributed by atoms with E-state index < -0.39 is 16.1 Å². The molecule has 0 bridgehead atoms. The van der Waals surface area contributed by atoms with Crippen LogP contribution < -0.4 is 5.32 Å². The predicted octanol–water partition coefficient (Wildman–Crippen LogP) is 2.64. The van der Waals surface area contributed by atoms with E-state index in [2.05, 4.69) is 5.32 Å². The monoisotopic (exact) mass is 445 g/mol. The number of nitrogens with zero attached hydrogens (tertiary/aromatic N) is 2. The van der Waals surface area contributed by atoms with E-state index in [-0.39, 0.29) is 29.7 Å². The van der Waals surface area contributed by atoms with Crippen molar-refractivity contribution in [1.29, 1.82) is 0 Å². The van der Waals surface area contributed by atoms with Crippen molar-refractivity contribution in [2.24, 2.45) is 0 Å². The van der Waals surface area contributed by atoms with Gasteiger partial charge >= 0.3 is 0 Å². The van der Waals surface area contributed by atoms with Crippen LogP contribution in [0.3, 0.4) is 0 Å². The number of carbonyl (C=O) groups excluding carboxylic acids is 2. The van der Waals surface area contributed by atoms with Gasteiger partial charge in [-0.2, -0.15) is 0 Å². The second-order valence-electron chi connectivity index (χ2n) is 7.29. The van der Waals surface area contributed by atoms with Crippen LogP contribution in [-0.2, 0) is 26.2 Å². The molecule has 1 atom stereocenters. The molecule has 0 spiro atoms. The maximum absolute atomic E-state index is 13.0. The molecule has 0 aromatic heterocycles. The van der Waals surface area contributed by atoms with Crippen LogP contribution in [0.5, 0.6) is 0 Å². The number of likely N-dealkylation sites (N-methyl/N-ethyl adjacent to an activating group) is 1. The summed E-state index contributed by atoms with van der Waals surface area (Å²) >= 11 is 0. The van der Waals surface area contributed by atoms with E-state index in [1.807, 2.05) is 37.3 Å². The van der Waals surface area contributed by atoms with Gasteiger partial charge in [0.1, 0.15) is 6.04 Å². The van der Waals surface area contributed by atoms with Crippen LogP contribution in [0.1, 0.15) is 31.7 Å². The summed E-state index contributed by atoms with van der Waals surface area (Å²) in [6, 6.07) is 17.1. The Hall–Kier alpha value is -2.71. The molecule has 0 saturated heterocycles. The molecule has 0 aliphatic heterocycles. The highest BCUT2D eigenvalue weighted by atomic mass is 32.2. The van der Waals surface area contributed by atoms with Crippen LogP contribution >= 0.6 is 0 Å². The Morgan fingerprint density at radius 3 is 2.13 bits per heavy atom. The van der Waals surface area contributed by atoms with Gasteiger partial charge in [0, 0.05) is 33.6 Å². The minimum Gasteiger partial charge on any atom is -0.357 e. The molecule has 0 heterocycles. The largest absolute Gasteiger partial charge is 0.357 e. The zero-order valence-corrected chi connectivity index (χ0v) is 19.1. The van der Waals surface area contributed by atoms with Gasteiger partial charge in [-0.05, 0) is 30.5 Å². The molecule has 0 aliphatic rings. The van der Waals surface area contributed by atoms with Gasteiger partial charge in [0.25, 0.3) is 0 Å². The van der Waals surface area contributed by atoms with E-state index in [0.717, 1.165) is 5.56 Å². The van der Waals surface area contributed by atoms with Crippen molar-refractivity contribution >= 4 is 21.8 Å². The summed E-state index contributed by atoms with van der Waals surface area (Å²) < 4.78 is 26.5. The lowest BCUT2D eigenvalue weighted by molar-refractivity contribution is -0.141. The molecule has 2 amide bonds. The first-order chi connectivity index (χ1) is 14.8. The van der Waals surface area contributed by atoms with Gasteiger partial charge < -0.3 is 10.2 Å². The van der Waals surface area contributed by atoms with E-state index in [1.165, 1.54) is 11.4 Å². The van der Waals surface area contributed by atoms with E-state index >= 15 is 0 Å². The molecule has 0 saturated carbocycles. The van der Waals surface area contributed by atoms with Gasteiger partial charge in [-0.1, -0.05) is 55.5 Å². The smallest absolute Gasteiger partial charge is 0.242 e. The van der Waals surface area contributed by atoms with Crippen LogP contribution in [-0.4, -0.2) is 56.1 Å². The van der Waals surface area contributed by atoms with Crippen molar-refractivity contribution in [3.8, 4) is 0 Å². The fraction of sp³-hybridized carbons (Fsp3) is 0.391. The number of sulfonamides is 1. The normalized spacial score (nSPS) is 12.4. The molecule has 1 N–H and O–H groups in total. The third-order valence-corrected chi connectivity index (χ3v) is 7.01. The standard InChI is InChI=1S/C23H31N3O4S/c1-4-21(23(28)24-2)26(18-19-12-7-5-8-13-19)22(27)16-11-17-25(3)31(29,30)20-14-9-6-10-15-20/h5-10,12-15,21H,4,11,16-18H2,1-3H3,(H,24,28)/t21-/m1/s1. The fourth-order valence-corrected chi connectivity index (χ4v) is 4.59. The SMILES string of the molecule is CC[C@H](C(=O)NC)N(Cc1ccccc1)C(=O)CCCN(C)S(=O)(=O)c1ccccc1. The first-order valence-corrected chi connectivity index (χ1v) is 11.8. The quantitative estimate of drug-likeness (QED) is 0.576. The molecule has 0 fully saturated rings. The van der Waals surface area contributed by atoms with Crippen molar-refractivity contribution < 1.29 is 18.0 Å². The summed E-state index contributed by atoms with van der Waals surface area (Å²) in [5.74, 6) is -0.389. The van der Waals surface area contributed by atoms with Crippen molar-refractivity contribution in [1.82, 2.24) is 14.5 Å².